The summed E-state index contributed by atoms with van der Waals surface area (Å²) in [5.74, 6) is 0. The molecule has 0 spiro atoms. The molecule has 7 heteroatoms. The molecular weight excluding hydrogens is 374 g/mol. The lowest BCUT2D eigenvalue weighted by molar-refractivity contribution is 0.954. The van der Waals surface area contributed by atoms with Gasteiger partial charge in [-0.1, -0.05) is 41.6 Å². The fourth-order valence-corrected chi connectivity index (χ4v) is 3.52. The average molecular weight is 391 g/mol. The Kier molecular flexibility index (Phi) is 4.50. The van der Waals surface area contributed by atoms with Gasteiger partial charge in [0.05, 0.1) is 16.8 Å². The minimum absolute atomic E-state index is 0.526. The molecule has 0 bridgehead atoms. The average Bonchev–Trinajstić information content (AvgIpc) is 3.27. The molecule has 144 valence electrons. The van der Waals surface area contributed by atoms with Crippen molar-refractivity contribution in [3.8, 4) is 17.2 Å². The van der Waals surface area contributed by atoms with Crippen LogP contribution in [0.2, 0.25) is 0 Å². The molecule has 0 aliphatic heterocycles. The minimum atomic E-state index is 0.526. The maximum Gasteiger partial charge on any atom is 0.175 e. The van der Waals surface area contributed by atoms with E-state index in [1.54, 1.807) is 12.4 Å². The standard InChI is InChI=1S/C23H17N7/c24-12-18-14-26-20-7-6-16(17-11-21-23(27-13-17)29-30-28-21)10-19(20)22(18)25-9-8-15-4-2-1-3-5-15/h1-7,10-11,13-14H,8-9H2,(H,25,26)(H,27,28,29,30). The molecule has 2 aromatic carbocycles. The van der Waals surface area contributed by atoms with E-state index in [2.05, 4.69) is 48.9 Å². The zero-order valence-electron chi connectivity index (χ0n) is 16.0. The van der Waals surface area contributed by atoms with Crippen molar-refractivity contribution < 1.29 is 0 Å². The monoisotopic (exact) mass is 391 g/mol. The van der Waals surface area contributed by atoms with Crippen LogP contribution in [-0.2, 0) is 6.42 Å². The fraction of sp³-hybridized carbons (Fsp3) is 0.0870. The van der Waals surface area contributed by atoms with Crippen LogP contribution < -0.4 is 5.32 Å². The van der Waals surface area contributed by atoms with E-state index in [9.17, 15) is 5.26 Å². The van der Waals surface area contributed by atoms with Crippen molar-refractivity contribution in [2.24, 2.45) is 0 Å². The molecular formula is C23H17N7. The van der Waals surface area contributed by atoms with Gasteiger partial charge in [-0.2, -0.15) is 5.26 Å². The third kappa shape index (κ3) is 3.31. The topological polar surface area (TPSA) is 103 Å². The van der Waals surface area contributed by atoms with Crippen molar-refractivity contribution >= 4 is 27.8 Å². The zero-order chi connectivity index (χ0) is 20.3. The summed E-state index contributed by atoms with van der Waals surface area (Å²) < 4.78 is 0. The number of rotatable bonds is 5. The number of aromatic amines is 1. The summed E-state index contributed by atoms with van der Waals surface area (Å²) in [6, 6.07) is 20.5. The molecule has 0 aliphatic rings. The van der Waals surface area contributed by atoms with E-state index in [1.807, 2.05) is 42.5 Å². The second-order valence-corrected chi connectivity index (χ2v) is 6.96. The Morgan fingerprint density at radius 2 is 1.83 bits per heavy atom. The molecule has 0 unspecified atom stereocenters. The van der Waals surface area contributed by atoms with E-state index in [0.29, 0.717) is 23.3 Å². The van der Waals surface area contributed by atoms with E-state index in [-0.39, 0.29) is 0 Å². The third-order valence-corrected chi connectivity index (χ3v) is 5.06. The molecule has 3 heterocycles. The van der Waals surface area contributed by atoms with E-state index in [0.717, 1.165) is 34.1 Å². The molecule has 0 saturated heterocycles. The van der Waals surface area contributed by atoms with Crippen LogP contribution in [0.4, 0.5) is 5.69 Å². The van der Waals surface area contributed by atoms with E-state index in [4.69, 9.17) is 0 Å². The number of hydrogen-bond acceptors (Lipinski definition) is 6. The highest BCUT2D eigenvalue weighted by molar-refractivity contribution is 5.97. The van der Waals surface area contributed by atoms with Gasteiger partial charge < -0.3 is 5.32 Å². The van der Waals surface area contributed by atoms with Crippen LogP contribution >= 0.6 is 0 Å². The SMILES string of the molecule is N#Cc1cnc2ccc(-c3cnc4[nH]nnc4c3)cc2c1NCCc1ccccc1. The van der Waals surface area contributed by atoms with Gasteiger partial charge in [0.15, 0.2) is 5.65 Å². The maximum absolute atomic E-state index is 9.62. The number of hydrogen-bond donors (Lipinski definition) is 2. The predicted molar refractivity (Wildman–Crippen MR) is 116 cm³/mol. The summed E-state index contributed by atoms with van der Waals surface area (Å²) in [5.41, 5.74) is 6.66. The Bertz CT molecular complexity index is 1380. The molecule has 0 radical (unpaired) electrons. The predicted octanol–water partition coefficient (Wildman–Crippen LogP) is 4.09. The van der Waals surface area contributed by atoms with Gasteiger partial charge in [-0.3, -0.25) is 4.98 Å². The summed E-state index contributed by atoms with van der Waals surface area (Å²) >= 11 is 0. The highest BCUT2D eigenvalue weighted by Gasteiger charge is 2.11. The number of nitrogens with one attached hydrogen (secondary N) is 2. The highest BCUT2D eigenvalue weighted by Crippen LogP contribution is 2.30. The first kappa shape index (κ1) is 17.8. The van der Waals surface area contributed by atoms with Gasteiger partial charge in [0.2, 0.25) is 0 Å². The number of anilines is 1. The van der Waals surface area contributed by atoms with Gasteiger partial charge >= 0.3 is 0 Å². The third-order valence-electron chi connectivity index (χ3n) is 5.06. The van der Waals surface area contributed by atoms with Crippen LogP contribution in [0.25, 0.3) is 33.2 Å². The molecule has 0 aliphatic carbocycles. The lowest BCUT2D eigenvalue weighted by atomic mass is 10.0. The molecule has 0 amide bonds. The van der Waals surface area contributed by atoms with Crippen LogP contribution in [0, 0.1) is 11.3 Å². The number of aromatic nitrogens is 5. The summed E-state index contributed by atoms with van der Waals surface area (Å²) in [6.07, 6.45) is 4.27. The number of nitrogens with zero attached hydrogens (tertiary/aromatic N) is 5. The second kappa shape index (κ2) is 7.60. The molecule has 5 aromatic rings. The van der Waals surface area contributed by atoms with Crippen molar-refractivity contribution in [3.63, 3.8) is 0 Å². The Hall–Kier alpha value is -4.31. The zero-order valence-corrected chi connectivity index (χ0v) is 16.0. The number of H-pyrrole nitrogens is 1. The lowest BCUT2D eigenvalue weighted by Gasteiger charge is -2.13. The highest BCUT2D eigenvalue weighted by atomic mass is 15.3. The Balaban J connectivity index is 1.52. The van der Waals surface area contributed by atoms with Crippen LogP contribution in [0.1, 0.15) is 11.1 Å². The number of fused-ring (bicyclic) bond motifs is 2. The van der Waals surface area contributed by atoms with Crippen LogP contribution in [0.3, 0.4) is 0 Å². The van der Waals surface area contributed by atoms with Crippen molar-refractivity contribution in [2.45, 2.75) is 6.42 Å². The van der Waals surface area contributed by atoms with Crippen molar-refractivity contribution in [1.29, 1.82) is 5.26 Å². The summed E-state index contributed by atoms with van der Waals surface area (Å²) in [4.78, 5) is 8.82. The van der Waals surface area contributed by atoms with Crippen LogP contribution in [0.5, 0.6) is 0 Å². The number of pyridine rings is 2. The number of nitriles is 1. The van der Waals surface area contributed by atoms with Crippen molar-refractivity contribution in [1.82, 2.24) is 25.4 Å². The van der Waals surface area contributed by atoms with Crippen LogP contribution in [-0.4, -0.2) is 31.9 Å². The maximum atomic E-state index is 9.62. The second-order valence-electron chi connectivity index (χ2n) is 6.96. The van der Waals surface area contributed by atoms with Gasteiger partial charge in [0, 0.05) is 29.9 Å². The normalized spacial score (nSPS) is 10.9. The van der Waals surface area contributed by atoms with E-state index in [1.165, 1.54) is 5.56 Å². The Morgan fingerprint density at radius 1 is 0.933 bits per heavy atom. The van der Waals surface area contributed by atoms with E-state index >= 15 is 0 Å². The first-order valence-corrected chi connectivity index (χ1v) is 9.59. The molecule has 5 rings (SSSR count). The molecule has 30 heavy (non-hydrogen) atoms. The van der Waals surface area contributed by atoms with E-state index < -0.39 is 0 Å². The summed E-state index contributed by atoms with van der Waals surface area (Å²) in [6.45, 7) is 0.717. The van der Waals surface area contributed by atoms with Gasteiger partial charge in [-0.15, -0.1) is 5.10 Å². The summed E-state index contributed by atoms with van der Waals surface area (Å²) in [5, 5.41) is 24.6. The Morgan fingerprint density at radius 3 is 2.70 bits per heavy atom. The van der Waals surface area contributed by atoms with Gasteiger partial charge in [0.25, 0.3) is 0 Å². The molecule has 3 aromatic heterocycles. The molecule has 2 N–H and O–H groups in total. The first-order valence-electron chi connectivity index (χ1n) is 9.59. The molecule has 7 nitrogen and oxygen atoms in total. The van der Waals surface area contributed by atoms with Crippen LogP contribution in [0.15, 0.2) is 67.0 Å². The first-order chi connectivity index (χ1) is 14.8. The van der Waals surface area contributed by atoms with Gasteiger partial charge in [-0.05, 0) is 35.7 Å². The molecule has 0 atom stereocenters. The molecule has 0 saturated carbocycles. The minimum Gasteiger partial charge on any atom is -0.383 e. The smallest absolute Gasteiger partial charge is 0.175 e. The van der Waals surface area contributed by atoms with Gasteiger partial charge in [0.1, 0.15) is 11.6 Å². The van der Waals surface area contributed by atoms with Crippen molar-refractivity contribution in [2.75, 3.05) is 11.9 Å². The van der Waals surface area contributed by atoms with Crippen molar-refractivity contribution in [3.05, 3.63) is 78.1 Å². The largest absolute Gasteiger partial charge is 0.383 e. The quantitative estimate of drug-likeness (QED) is 0.468. The molecule has 0 fully saturated rings. The Labute approximate surface area is 172 Å². The number of benzene rings is 2. The van der Waals surface area contributed by atoms with Gasteiger partial charge in [-0.25, -0.2) is 10.1 Å². The lowest BCUT2D eigenvalue weighted by Crippen LogP contribution is -2.07. The fourth-order valence-electron chi connectivity index (χ4n) is 3.52. The summed E-state index contributed by atoms with van der Waals surface area (Å²) in [7, 11) is 0.